The summed E-state index contributed by atoms with van der Waals surface area (Å²) >= 11 is 11.7. The summed E-state index contributed by atoms with van der Waals surface area (Å²) in [5, 5.41) is 0.516. The van der Waals surface area contributed by atoms with Gasteiger partial charge in [-0.1, -0.05) is 41.4 Å². The van der Waals surface area contributed by atoms with Gasteiger partial charge in [-0.05, 0) is 18.2 Å². The van der Waals surface area contributed by atoms with Gasteiger partial charge < -0.3 is 9.80 Å². The van der Waals surface area contributed by atoms with E-state index in [-0.39, 0.29) is 11.1 Å². The number of rotatable bonds is 2. The third-order valence-corrected chi connectivity index (χ3v) is 4.42. The molecule has 114 valence electrons. The average molecular weight is 336 g/mol. The molecular formula is C16H15Cl2N3O. The topological polar surface area (TPSA) is 36.4 Å². The van der Waals surface area contributed by atoms with E-state index in [9.17, 15) is 4.79 Å². The van der Waals surface area contributed by atoms with Crippen LogP contribution in [0.15, 0.2) is 42.6 Å². The van der Waals surface area contributed by atoms with Crippen LogP contribution in [0.4, 0.5) is 5.69 Å². The number of pyridine rings is 1. The largest absolute Gasteiger partial charge is 0.368 e. The van der Waals surface area contributed by atoms with Gasteiger partial charge in [-0.25, -0.2) is 4.98 Å². The Morgan fingerprint density at radius 3 is 2.36 bits per heavy atom. The number of amides is 1. The highest BCUT2D eigenvalue weighted by atomic mass is 35.5. The van der Waals surface area contributed by atoms with Crippen molar-refractivity contribution in [2.24, 2.45) is 0 Å². The van der Waals surface area contributed by atoms with Gasteiger partial charge in [0.15, 0.2) is 0 Å². The van der Waals surface area contributed by atoms with Gasteiger partial charge in [-0.15, -0.1) is 0 Å². The van der Waals surface area contributed by atoms with Crippen molar-refractivity contribution in [3.63, 3.8) is 0 Å². The van der Waals surface area contributed by atoms with Crippen molar-refractivity contribution in [2.45, 2.75) is 0 Å². The van der Waals surface area contributed by atoms with Crippen LogP contribution in [0.2, 0.25) is 10.2 Å². The molecular weight excluding hydrogens is 321 g/mol. The number of anilines is 1. The SMILES string of the molecule is O=C(c1cnc(Cl)c(Cl)c1)N1CCN(c2ccccc2)CC1. The summed E-state index contributed by atoms with van der Waals surface area (Å²) in [6.45, 7) is 2.97. The Bertz CT molecular complexity index is 670. The normalized spacial score (nSPS) is 15.0. The van der Waals surface area contributed by atoms with E-state index in [1.54, 1.807) is 6.07 Å². The first-order chi connectivity index (χ1) is 10.6. The van der Waals surface area contributed by atoms with Crippen LogP contribution in [-0.4, -0.2) is 42.0 Å². The van der Waals surface area contributed by atoms with Gasteiger partial charge in [-0.2, -0.15) is 0 Å². The molecule has 6 heteroatoms. The Kier molecular flexibility index (Phi) is 4.50. The fourth-order valence-corrected chi connectivity index (χ4v) is 2.80. The van der Waals surface area contributed by atoms with E-state index >= 15 is 0 Å². The second-order valence-electron chi connectivity index (χ2n) is 5.11. The van der Waals surface area contributed by atoms with Crippen LogP contribution in [0.25, 0.3) is 0 Å². The molecule has 1 aromatic heterocycles. The van der Waals surface area contributed by atoms with Crippen LogP contribution < -0.4 is 4.90 Å². The molecule has 1 saturated heterocycles. The minimum absolute atomic E-state index is 0.0567. The van der Waals surface area contributed by atoms with Crippen LogP contribution in [0.1, 0.15) is 10.4 Å². The summed E-state index contributed by atoms with van der Waals surface area (Å²) in [6, 6.07) is 11.8. The van der Waals surface area contributed by atoms with Crippen LogP contribution in [0.3, 0.4) is 0 Å². The lowest BCUT2D eigenvalue weighted by Gasteiger charge is -2.36. The number of benzene rings is 1. The zero-order valence-electron chi connectivity index (χ0n) is 11.9. The van der Waals surface area contributed by atoms with Crippen molar-refractivity contribution >= 4 is 34.8 Å². The number of aromatic nitrogens is 1. The number of para-hydroxylation sites is 1. The number of hydrogen-bond acceptors (Lipinski definition) is 3. The van der Waals surface area contributed by atoms with Crippen molar-refractivity contribution in [1.82, 2.24) is 9.88 Å². The molecule has 1 aromatic carbocycles. The molecule has 1 aliphatic rings. The smallest absolute Gasteiger partial charge is 0.255 e. The number of carbonyl (C=O) groups is 1. The minimum atomic E-state index is -0.0567. The van der Waals surface area contributed by atoms with Crippen molar-refractivity contribution in [2.75, 3.05) is 31.1 Å². The van der Waals surface area contributed by atoms with Crippen molar-refractivity contribution in [3.05, 3.63) is 58.3 Å². The molecule has 4 nitrogen and oxygen atoms in total. The second kappa shape index (κ2) is 6.55. The quantitative estimate of drug-likeness (QED) is 0.789. The second-order valence-corrected chi connectivity index (χ2v) is 5.88. The summed E-state index contributed by atoms with van der Waals surface area (Å²) in [4.78, 5) is 20.5. The van der Waals surface area contributed by atoms with Gasteiger partial charge >= 0.3 is 0 Å². The molecule has 0 bridgehead atoms. The highest BCUT2D eigenvalue weighted by molar-refractivity contribution is 6.41. The zero-order chi connectivity index (χ0) is 15.5. The number of halogens is 2. The molecule has 3 rings (SSSR count). The standard InChI is InChI=1S/C16H15Cl2N3O/c17-14-10-12(11-19-15(14)18)16(22)21-8-6-20(7-9-21)13-4-2-1-3-5-13/h1-5,10-11H,6-9H2. The fourth-order valence-electron chi connectivity index (χ4n) is 2.53. The van der Waals surface area contributed by atoms with Crippen LogP contribution >= 0.6 is 23.2 Å². The lowest BCUT2D eigenvalue weighted by Crippen LogP contribution is -2.48. The molecule has 0 aliphatic carbocycles. The minimum Gasteiger partial charge on any atom is -0.368 e. The average Bonchev–Trinajstić information content (AvgIpc) is 2.58. The Morgan fingerprint density at radius 1 is 1.05 bits per heavy atom. The van der Waals surface area contributed by atoms with E-state index < -0.39 is 0 Å². The Morgan fingerprint density at radius 2 is 1.73 bits per heavy atom. The molecule has 0 unspecified atom stereocenters. The van der Waals surface area contributed by atoms with E-state index in [2.05, 4.69) is 22.0 Å². The summed E-state index contributed by atoms with van der Waals surface area (Å²) in [5.41, 5.74) is 1.66. The third-order valence-electron chi connectivity index (χ3n) is 3.73. The molecule has 0 spiro atoms. The first-order valence-corrected chi connectivity index (χ1v) is 7.81. The molecule has 1 fully saturated rings. The predicted octanol–water partition coefficient (Wildman–Crippen LogP) is 3.35. The molecule has 2 heterocycles. The van der Waals surface area contributed by atoms with E-state index in [1.807, 2.05) is 23.1 Å². The molecule has 0 N–H and O–H groups in total. The van der Waals surface area contributed by atoms with Gasteiger partial charge in [-0.3, -0.25) is 4.79 Å². The molecule has 22 heavy (non-hydrogen) atoms. The van der Waals surface area contributed by atoms with E-state index in [0.29, 0.717) is 23.7 Å². The van der Waals surface area contributed by atoms with Crippen molar-refractivity contribution in [1.29, 1.82) is 0 Å². The highest BCUT2D eigenvalue weighted by Crippen LogP contribution is 2.21. The van der Waals surface area contributed by atoms with E-state index in [0.717, 1.165) is 13.1 Å². The fraction of sp³-hybridized carbons (Fsp3) is 0.250. The van der Waals surface area contributed by atoms with Crippen LogP contribution in [0, 0.1) is 0 Å². The van der Waals surface area contributed by atoms with Crippen LogP contribution in [0.5, 0.6) is 0 Å². The van der Waals surface area contributed by atoms with Gasteiger partial charge in [0.05, 0.1) is 10.6 Å². The number of hydrogen-bond donors (Lipinski definition) is 0. The van der Waals surface area contributed by atoms with Crippen molar-refractivity contribution in [3.8, 4) is 0 Å². The monoisotopic (exact) mass is 335 g/mol. The molecule has 1 aliphatic heterocycles. The van der Waals surface area contributed by atoms with Gasteiger partial charge in [0.1, 0.15) is 5.15 Å². The number of carbonyl (C=O) groups excluding carboxylic acids is 1. The maximum atomic E-state index is 12.5. The Hall–Kier alpha value is -1.78. The Balaban J connectivity index is 1.66. The lowest BCUT2D eigenvalue weighted by molar-refractivity contribution is 0.0746. The van der Waals surface area contributed by atoms with E-state index in [1.165, 1.54) is 11.9 Å². The number of piperazine rings is 1. The summed E-state index contributed by atoms with van der Waals surface area (Å²) < 4.78 is 0. The first kappa shape index (κ1) is 15.1. The van der Waals surface area contributed by atoms with Crippen molar-refractivity contribution < 1.29 is 4.79 Å². The summed E-state index contributed by atoms with van der Waals surface area (Å²) in [6.07, 6.45) is 1.47. The third kappa shape index (κ3) is 3.18. The number of nitrogens with zero attached hydrogens (tertiary/aromatic N) is 3. The molecule has 0 atom stereocenters. The first-order valence-electron chi connectivity index (χ1n) is 7.05. The molecule has 1 amide bonds. The predicted molar refractivity (Wildman–Crippen MR) is 88.8 cm³/mol. The highest BCUT2D eigenvalue weighted by Gasteiger charge is 2.22. The lowest BCUT2D eigenvalue weighted by atomic mass is 10.2. The molecule has 2 aromatic rings. The van der Waals surface area contributed by atoms with Gasteiger partial charge in [0, 0.05) is 38.1 Å². The summed E-state index contributed by atoms with van der Waals surface area (Å²) in [7, 11) is 0. The van der Waals surface area contributed by atoms with Crippen LogP contribution in [-0.2, 0) is 0 Å². The maximum absolute atomic E-state index is 12.5. The van der Waals surface area contributed by atoms with Gasteiger partial charge in [0.25, 0.3) is 5.91 Å². The maximum Gasteiger partial charge on any atom is 0.255 e. The summed E-state index contributed by atoms with van der Waals surface area (Å²) in [5.74, 6) is -0.0567. The van der Waals surface area contributed by atoms with E-state index in [4.69, 9.17) is 23.2 Å². The Labute approximate surface area is 139 Å². The molecule has 0 saturated carbocycles. The zero-order valence-corrected chi connectivity index (χ0v) is 13.4. The van der Waals surface area contributed by atoms with Gasteiger partial charge in [0.2, 0.25) is 0 Å². The molecule has 0 radical (unpaired) electrons.